The molecule has 2 aromatic rings. The van der Waals surface area contributed by atoms with Crippen molar-refractivity contribution in [3.8, 4) is 0 Å². The summed E-state index contributed by atoms with van der Waals surface area (Å²) in [5.41, 5.74) is -0.0189. The number of pyridine rings is 1. The van der Waals surface area contributed by atoms with Crippen molar-refractivity contribution in [1.29, 1.82) is 0 Å². The lowest BCUT2D eigenvalue weighted by Crippen LogP contribution is -2.27. The molecule has 2 N–H and O–H groups in total. The summed E-state index contributed by atoms with van der Waals surface area (Å²) in [7, 11) is 1.37. The maximum absolute atomic E-state index is 12.1. The molecule has 0 radical (unpaired) electrons. The Morgan fingerprint density at radius 1 is 1.17 bits per heavy atom. The molecule has 1 aromatic heterocycles. The smallest absolute Gasteiger partial charge is 0.305 e. The number of unbranched alkanes of at least 4 members (excludes halogenated alkanes) is 2. The van der Waals surface area contributed by atoms with Gasteiger partial charge in [0.05, 0.1) is 7.11 Å². The largest absolute Gasteiger partial charge is 0.469 e. The Morgan fingerprint density at radius 2 is 1.96 bits per heavy atom. The highest BCUT2D eigenvalue weighted by molar-refractivity contribution is 5.96. The first kappa shape index (κ1) is 16.7. The van der Waals surface area contributed by atoms with E-state index in [1.165, 1.54) is 7.11 Å². The van der Waals surface area contributed by atoms with Crippen LogP contribution >= 0.6 is 0 Å². The van der Waals surface area contributed by atoms with Crippen molar-refractivity contribution >= 4 is 22.6 Å². The number of carbonyl (C=O) groups is 2. The third kappa shape index (κ3) is 4.67. The van der Waals surface area contributed by atoms with Crippen molar-refractivity contribution in [3.63, 3.8) is 0 Å². The van der Waals surface area contributed by atoms with Gasteiger partial charge in [-0.3, -0.25) is 14.4 Å². The predicted octanol–water partition coefficient (Wildman–Crippen LogP) is 1.99. The Morgan fingerprint density at radius 3 is 2.74 bits per heavy atom. The molecular formula is C17H20N2O4. The monoisotopic (exact) mass is 316 g/mol. The van der Waals surface area contributed by atoms with Crippen LogP contribution < -0.4 is 10.9 Å². The molecule has 0 aliphatic carbocycles. The van der Waals surface area contributed by atoms with Crippen LogP contribution in [-0.4, -0.2) is 30.5 Å². The molecule has 0 saturated heterocycles. The minimum Gasteiger partial charge on any atom is -0.469 e. The third-order valence-electron chi connectivity index (χ3n) is 3.57. The zero-order valence-corrected chi connectivity index (χ0v) is 13.1. The number of hydrogen-bond donors (Lipinski definition) is 2. The molecule has 0 atom stereocenters. The van der Waals surface area contributed by atoms with Crippen molar-refractivity contribution in [2.45, 2.75) is 25.7 Å². The summed E-state index contributed by atoms with van der Waals surface area (Å²) in [4.78, 5) is 37.6. The molecule has 0 bridgehead atoms. The van der Waals surface area contributed by atoms with Gasteiger partial charge in [-0.2, -0.15) is 0 Å². The molecule has 2 rings (SSSR count). The van der Waals surface area contributed by atoms with Crippen LogP contribution in [0.5, 0.6) is 0 Å². The van der Waals surface area contributed by atoms with E-state index in [4.69, 9.17) is 0 Å². The molecule has 1 aromatic carbocycles. The van der Waals surface area contributed by atoms with E-state index in [9.17, 15) is 14.4 Å². The lowest BCUT2D eigenvalue weighted by molar-refractivity contribution is -0.140. The standard InChI is InChI=1S/C17H20N2O4/c1-23-15(20)9-3-2-6-10-18-17(22)14-11-12-7-4-5-8-13(12)16(21)19-14/h4-5,7-8,11H,2-3,6,9-10H2,1H3,(H,18,22)(H,19,21). The number of carbonyl (C=O) groups excluding carboxylic acids is 2. The number of aromatic nitrogens is 1. The number of nitrogens with one attached hydrogen (secondary N) is 2. The maximum Gasteiger partial charge on any atom is 0.305 e. The summed E-state index contributed by atoms with van der Waals surface area (Å²) in [5, 5.41) is 4.07. The van der Waals surface area contributed by atoms with Gasteiger partial charge in [-0.15, -0.1) is 0 Å². The average molecular weight is 316 g/mol. The molecule has 23 heavy (non-hydrogen) atoms. The minimum absolute atomic E-state index is 0.220. The Hall–Kier alpha value is -2.63. The summed E-state index contributed by atoms with van der Waals surface area (Å²) in [6, 6.07) is 8.80. The topological polar surface area (TPSA) is 88.3 Å². The Balaban J connectivity index is 1.84. The van der Waals surface area contributed by atoms with Gasteiger partial charge in [0.25, 0.3) is 11.5 Å². The number of esters is 1. The zero-order chi connectivity index (χ0) is 16.7. The number of ether oxygens (including phenoxy) is 1. The highest BCUT2D eigenvalue weighted by atomic mass is 16.5. The number of aromatic amines is 1. The summed E-state index contributed by atoms with van der Waals surface area (Å²) in [6.07, 6.45) is 2.71. The van der Waals surface area contributed by atoms with Gasteiger partial charge in [0.1, 0.15) is 5.69 Å². The van der Waals surface area contributed by atoms with Crippen LogP contribution in [0.15, 0.2) is 35.1 Å². The molecule has 0 fully saturated rings. The van der Waals surface area contributed by atoms with Crippen molar-refractivity contribution in [1.82, 2.24) is 10.3 Å². The highest BCUT2D eigenvalue weighted by Crippen LogP contribution is 2.09. The van der Waals surface area contributed by atoms with E-state index in [2.05, 4.69) is 15.0 Å². The SMILES string of the molecule is COC(=O)CCCCCNC(=O)c1cc2ccccc2c(=O)[nH]1. The fourth-order valence-electron chi connectivity index (χ4n) is 2.30. The van der Waals surface area contributed by atoms with Gasteiger partial charge < -0.3 is 15.0 Å². The fourth-order valence-corrected chi connectivity index (χ4v) is 2.30. The van der Waals surface area contributed by atoms with Crippen LogP contribution in [0.3, 0.4) is 0 Å². The first-order valence-corrected chi connectivity index (χ1v) is 7.59. The van der Waals surface area contributed by atoms with Gasteiger partial charge in [-0.05, 0) is 30.4 Å². The molecule has 6 nitrogen and oxygen atoms in total. The van der Waals surface area contributed by atoms with Crippen molar-refractivity contribution in [2.75, 3.05) is 13.7 Å². The first-order chi connectivity index (χ1) is 11.1. The quantitative estimate of drug-likeness (QED) is 0.604. The second kappa shape index (κ2) is 8.12. The van der Waals surface area contributed by atoms with E-state index in [0.29, 0.717) is 18.4 Å². The predicted molar refractivity (Wildman–Crippen MR) is 87.4 cm³/mol. The molecule has 6 heteroatoms. The van der Waals surface area contributed by atoms with Crippen molar-refractivity contribution in [2.24, 2.45) is 0 Å². The molecule has 0 saturated carbocycles. The van der Waals surface area contributed by atoms with Crippen molar-refractivity contribution in [3.05, 3.63) is 46.4 Å². The fraction of sp³-hybridized carbons (Fsp3) is 0.353. The molecular weight excluding hydrogens is 296 g/mol. The zero-order valence-electron chi connectivity index (χ0n) is 13.1. The minimum atomic E-state index is -0.305. The van der Waals surface area contributed by atoms with Gasteiger partial charge in [-0.25, -0.2) is 0 Å². The third-order valence-corrected chi connectivity index (χ3v) is 3.57. The Kier molecular flexibility index (Phi) is 5.91. The molecule has 0 aliphatic heterocycles. The lowest BCUT2D eigenvalue weighted by atomic mass is 10.1. The van der Waals surface area contributed by atoms with Gasteiger partial charge in [-0.1, -0.05) is 24.6 Å². The van der Waals surface area contributed by atoms with Crippen LogP contribution in [0.2, 0.25) is 0 Å². The van der Waals surface area contributed by atoms with Crippen LogP contribution in [0.25, 0.3) is 10.8 Å². The molecule has 0 unspecified atom stereocenters. The van der Waals surface area contributed by atoms with Gasteiger partial charge in [0, 0.05) is 18.4 Å². The van der Waals surface area contributed by atoms with Crippen molar-refractivity contribution < 1.29 is 14.3 Å². The molecule has 0 spiro atoms. The van der Waals surface area contributed by atoms with E-state index in [1.54, 1.807) is 24.3 Å². The van der Waals surface area contributed by atoms with E-state index in [-0.39, 0.29) is 23.1 Å². The van der Waals surface area contributed by atoms with Gasteiger partial charge in [0.15, 0.2) is 0 Å². The number of rotatable bonds is 7. The lowest BCUT2D eigenvalue weighted by Gasteiger charge is -2.06. The molecule has 1 heterocycles. The number of benzene rings is 1. The molecule has 1 amide bonds. The normalized spacial score (nSPS) is 10.5. The van der Waals surface area contributed by atoms with Gasteiger partial charge in [0.2, 0.25) is 0 Å². The van der Waals surface area contributed by atoms with Crippen LogP contribution in [-0.2, 0) is 9.53 Å². The molecule has 122 valence electrons. The van der Waals surface area contributed by atoms with E-state index in [1.807, 2.05) is 6.07 Å². The summed E-state index contributed by atoms with van der Waals surface area (Å²) in [5.74, 6) is -0.524. The number of amides is 1. The Labute approximate surface area is 133 Å². The van der Waals surface area contributed by atoms with Gasteiger partial charge >= 0.3 is 5.97 Å². The molecule has 0 aliphatic rings. The maximum atomic E-state index is 12.1. The number of fused-ring (bicyclic) bond motifs is 1. The summed E-state index contributed by atoms with van der Waals surface area (Å²) >= 11 is 0. The van der Waals surface area contributed by atoms with E-state index in [0.717, 1.165) is 24.6 Å². The van der Waals surface area contributed by atoms with Crippen LogP contribution in [0.4, 0.5) is 0 Å². The highest BCUT2D eigenvalue weighted by Gasteiger charge is 2.08. The Bertz CT molecular complexity index is 752. The number of hydrogen-bond acceptors (Lipinski definition) is 4. The first-order valence-electron chi connectivity index (χ1n) is 7.59. The average Bonchev–Trinajstić information content (AvgIpc) is 2.57. The second-order valence-corrected chi connectivity index (χ2v) is 5.24. The van der Waals surface area contributed by atoms with E-state index >= 15 is 0 Å². The summed E-state index contributed by atoms with van der Waals surface area (Å²) < 4.78 is 4.56. The van der Waals surface area contributed by atoms with E-state index < -0.39 is 0 Å². The second-order valence-electron chi connectivity index (χ2n) is 5.24. The number of H-pyrrole nitrogens is 1. The van der Waals surface area contributed by atoms with Crippen LogP contribution in [0, 0.1) is 0 Å². The number of methoxy groups -OCH3 is 1. The van der Waals surface area contributed by atoms with Crippen LogP contribution in [0.1, 0.15) is 36.2 Å². The summed E-state index contributed by atoms with van der Waals surface area (Å²) in [6.45, 7) is 0.495.